The third-order valence-corrected chi connectivity index (χ3v) is 3.37. The molecule has 98 valence electrons. The molecular weight excluding hydrogens is 259 g/mol. The zero-order chi connectivity index (χ0) is 13.2. The lowest BCUT2D eigenvalue weighted by molar-refractivity contribution is 0.427. The molecule has 0 amide bonds. The molecule has 0 bridgehead atoms. The normalized spacial score (nSPS) is 11.9. The molecule has 0 aliphatic rings. The topological polar surface area (TPSA) is 69.8 Å². The van der Waals surface area contributed by atoms with Crippen molar-refractivity contribution in [3.63, 3.8) is 0 Å². The van der Waals surface area contributed by atoms with E-state index in [1.54, 1.807) is 18.6 Å². The van der Waals surface area contributed by atoms with E-state index in [-0.39, 0.29) is 11.7 Å². The zero-order valence-corrected chi connectivity index (χ0v) is 10.6. The van der Waals surface area contributed by atoms with Crippen LogP contribution in [0.2, 0.25) is 0 Å². The highest BCUT2D eigenvalue weighted by Crippen LogP contribution is 2.09. The van der Waals surface area contributed by atoms with Gasteiger partial charge in [-0.1, -0.05) is 0 Å². The van der Waals surface area contributed by atoms with Crippen LogP contribution in [0.4, 0.5) is 4.39 Å². The van der Waals surface area contributed by atoms with Gasteiger partial charge >= 0.3 is 0 Å². The molecule has 2 heterocycles. The lowest BCUT2D eigenvalue weighted by Crippen LogP contribution is -2.09. The Morgan fingerprint density at radius 2 is 2.22 bits per heavy atom. The van der Waals surface area contributed by atoms with Crippen molar-refractivity contribution in [2.45, 2.75) is 18.2 Å². The van der Waals surface area contributed by atoms with Gasteiger partial charge in [-0.3, -0.25) is 4.68 Å². The average Bonchev–Trinajstić information content (AvgIpc) is 2.88. The third-order valence-electron chi connectivity index (χ3n) is 2.36. The molecule has 0 saturated carbocycles. The van der Waals surface area contributed by atoms with E-state index in [0.717, 1.165) is 11.8 Å². The Bertz CT molecular complexity index is 632. The van der Waals surface area contributed by atoms with Gasteiger partial charge in [0, 0.05) is 30.4 Å². The van der Waals surface area contributed by atoms with E-state index in [0.29, 0.717) is 6.54 Å². The van der Waals surface area contributed by atoms with Gasteiger partial charge in [0.25, 0.3) is 0 Å². The summed E-state index contributed by atoms with van der Waals surface area (Å²) in [4.78, 5) is 3.81. The number of halogens is 1. The van der Waals surface area contributed by atoms with E-state index in [4.69, 9.17) is 0 Å². The maximum absolute atomic E-state index is 12.1. The minimum Gasteiger partial charge on any atom is -0.317 e. The minimum absolute atomic E-state index is 0.0146. The van der Waals surface area contributed by atoms with Gasteiger partial charge in [0.2, 0.25) is 15.0 Å². The van der Waals surface area contributed by atoms with Crippen LogP contribution in [0.3, 0.4) is 0 Å². The molecular formula is C10H13FN4O2S. The van der Waals surface area contributed by atoms with Crippen LogP contribution in [0, 0.1) is 0 Å². The number of aromatic nitrogens is 4. The van der Waals surface area contributed by atoms with Gasteiger partial charge in [-0.15, -0.1) is 0 Å². The summed E-state index contributed by atoms with van der Waals surface area (Å²) in [5, 5.41) is 3.99. The highest BCUT2D eigenvalue weighted by molar-refractivity contribution is 7.90. The Balaban J connectivity index is 2.21. The van der Waals surface area contributed by atoms with E-state index in [1.807, 2.05) is 0 Å². The van der Waals surface area contributed by atoms with Crippen LogP contribution in [0.15, 0.2) is 29.9 Å². The number of imidazole rings is 1. The highest BCUT2D eigenvalue weighted by Gasteiger charge is 2.14. The molecule has 0 aromatic carbocycles. The van der Waals surface area contributed by atoms with Crippen LogP contribution in [0.1, 0.15) is 5.56 Å². The number of aryl methyl sites for hydroxylation is 1. The van der Waals surface area contributed by atoms with Gasteiger partial charge in [-0.05, 0) is 0 Å². The van der Waals surface area contributed by atoms with E-state index < -0.39 is 16.5 Å². The maximum atomic E-state index is 12.1. The molecule has 2 aromatic heterocycles. The molecule has 6 nitrogen and oxygen atoms in total. The smallest absolute Gasteiger partial charge is 0.227 e. The second kappa shape index (κ2) is 4.89. The Labute approximate surface area is 104 Å². The van der Waals surface area contributed by atoms with E-state index in [2.05, 4.69) is 10.1 Å². The number of alkyl halides is 1. The highest BCUT2D eigenvalue weighted by atomic mass is 32.2. The van der Waals surface area contributed by atoms with Crippen molar-refractivity contribution in [2.75, 3.05) is 12.9 Å². The SMILES string of the molecule is CS(=O)(=O)c1nccn1Cc1cnn(CCF)c1. The molecule has 0 atom stereocenters. The Hall–Kier alpha value is -1.70. The first-order valence-electron chi connectivity index (χ1n) is 5.29. The largest absolute Gasteiger partial charge is 0.317 e. The standard InChI is InChI=1S/C10H13FN4O2S/c1-18(16,17)10-12-3-5-14(10)7-9-6-13-15(8-9)4-2-11/h3,5-6,8H,2,4,7H2,1H3. The molecule has 0 fully saturated rings. The fraction of sp³-hybridized carbons (Fsp3) is 0.400. The second-order valence-corrected chi connectivity index (χ2v) is 5.82. The van der Waals surface area contributed by atoms with E-state index in [9.17, 15) is 12.8 Å². The van der Waals surface area contributed by atoms with Crippen LogP contribution < -0.4 is 0 Å². The van der Waals surface area contributed by atoms with Gasteiger partial charge < -0.3 is 4.57 Å². The monoisotopic (exact) mass is 272 g/mol. The third kappa shape index (κ3) is 2.76. The van der Waals surface area contributed by atoms with E-state index >= 15 is 0 Å². The van der Waals surface area contributed by atoms with Crippen LogP contribution >= 0.6 is 0 Å². The van der Waals surface area contributed by atoms with Crippen molar-refractivity contribution in [2.24, 2.45) is 0 Å². The molecule has 0 spiro atoms. The quantitative estimate of drug-likeness (QED) is 0.794. The van der Waals surface area contributed by atoms with Gasteiger partial charge in [0.15, 0.2) is 0 Å². The second-order valence-electron chi connectivity index (χ2n) is 3.91. The Morgan fingerprint density at radius 3 is 2.89 bits per heavy atom. The number of hydrogen-bond donors (Lipinski definition) is 0. The van der Waals surface area contributed by atoms with Crippen molar-refractivity contribution in [3.05, 3.63) is 30.4 Å². The molecule has 8 heteroatoms. The lowest BCUT2D eigenvalue weighted by atomic mass is 10.3. The fourth-order valence-electron chi connectivity index (χ4n) is 1.64. The predicted molar refractivity (Wildman–Crippen MR) is 62.6 cm³/mol. The van der Waals surface area contributed by atoms with Gasteiger partial charge in [-0.2, -0.15) is 5.10 Å². The summed E-state index contributed by atoms with van der Waals surface area (Å²) in [7, 11) is -3.35. The molecule has 0 unspecified atom stereocenters. The number of sulfone groups is 1. The summed E-state index contributed by atoms with van der Waals surface area (Å²) < 4.78 is 38.0. The molecule has 0 radical (unpaired) electrons. The summed E-state index contributed by atoms with van der Waals surface area (Å²) in [6.07, 6.45) is 7.40. The molecule has 18 heavy (non-hydrogen) atoms. The summed E-state index contributed by atoms with van der Waals surface area (Å²) in [6, 6.07) is 0. The first kappa shape index (κ1) is 12.7. The van der Waals surface area contributed by atoms with Crippen molar-refractivity contribution in [3.8, 4) is 0 Å². The summed E-state index contributed by atoms with van der Waals surface area (Å²) in [5.74, 6) is 0. The van der Waals surface area contributed by atoms with Crippen LogP contribution in [-0.4, -0.2) is 40.7 Å². The molecule has 0 saturated heterocycles. The van der Waals surface area contributed by atoms with Crippen molar-refractivity contribution in [1.82, 2.24) is 19.3 Å². The summed E-state index contributed by atoms with van der Waals surface area (Å²) in [5.41, 5.74) is 0.798. The molecule has 2 aromatic rings. The Kier molecular flexibility index (Phi) is 3.46. The zero-order valence-electron chi connectivity index (χ0n) is 9.82. The van der Waals surface area contributed by atoms with Crippen molar-refractivity contribution >= 4 is 9.84 Å². The number of nitrogens with zero attached hydrogens (tertiary/aromatic N) is 4. The van der Waals surface area contributed by atoms with Crippen molar-refractivity contribution < 1.29 is 12.8 Å². The Morgan fingerprint density at radius 1 is 1.44 bits per heavy atom. The van der Waals surface area contributed by atoms with Gasteiger partial charge in [0.05, 0.1) is 19.3 Å². The first-order chi connectivity index (χ1) is 8.50. The van der Waals surface area contributed by atoms with Crippen LogP contribution in [0.5, 0.6) is 0 Å². The summed E-state index contributed by atoms with van der Waals surface area (Å²) >= 11 is 0. The van der Waals surface area contributed by atoms with E-state index in [1.165, 1.54) is 15.4 Å². The molecule has 0 N–H and O–H groups in total. The first-order valence-corrected chi connectivity index (χ1v) is 7.18. The van der Waals surface area contributed by atoms with Crippen molar-refractivity contribution in [1.29, 1.82) is 0 Å². The minimum atomic E-state index is -3.35. The van der Waals surface area contributed by atoms with Gasteiger partial charge in [0.1, 0.15) is 6.67 Å². The summed E-state index contributed by atoms with van der Waals surface area (Å²) in [6.45, 7) is 0.0539. The predicted octanol–water partition coefficient (Wildman–Crippen LogP) is 0.501. The number of rotatable bonds is 5. The lowest BCUT2D eigenvalue weighted by Gasteiger charge is -2.03. The maximum Gasteiger partial charge on any atom is 0.227 e. The average molecular weight is 272 g/mol. The van der Waals surface area contributed by atoms with Crippen LogP contribution in [-0.2, 0) is 22.9 Å². The molecule has 2 rings (SSSR count). The fourth-order valence-corrected chi connectivity index (χ4v) is 2.44. The van der Waals surface area contributed by atoms with Crippen LogP contribution in [0.25, 0.3) is 0 Å². The van der Waals surface area contributed by atoms with Gasteiger partial charge in [-0.25, -0.2) is 17.8 Å². The molecule has 0 aliphatic heterocycles. The molecule has 0 aliphatic carbocycles. The number of hydrogen-bond acceptors (Lipinski definition) is 4.